The maximum atomic E-state index is 12.3. The molecular formula is C22H27N3OS. The fourth-order valence-electron chi connectivity index (χ4n) is 6.27. The van der Waals surface area contributed by atoms with Crippen LogP contribution in [0, 0.1) is 17.8 Å². The molecule has 27 heavy (non-hydrogen) atoms. The maximum Gasteiger partial charge on any atom is 0.191 e. The van der Waals surface area contributed by atoms with E-state index in [-0.39, 0.29) is 5.78 Å². The van der Waals surface area contributed by atoms with E-state index in [2.05, 4.69) is 34.5 Å². The second-order valence-corrected chi connectivity index (χ2v) is 10.1. The van der Waals surface area contributed by atoms with Gasteiger partial charge in [0.05, 0.1) is 5.75 Å². The number of thioether (sulfide) groups is 1. The number of aromatic nitrogens is 3. The summed E-state index contributed by atoms with van der Waals surface area (Å²) in [6.07, 6.45) is 10.8. The minimum atomic E-state index is 0.241. The molecule has 4 bridgehead atoms. The number of benzene rings is 1. The molecule has 4 saturated carbocycles. The van der Waals surface area contributed by atoms with E-state index in [9.17, 15) is 4.79 Å². The monoisotopic (exact) mass is 381 g/mol. The zero-order chi connectivity index (χ0) is 18.4. The third kappa shape index (κ3) is 3.35. The quantitative estimate of drug-likeness (QED) is 0.704. The first-order valence-corrected chi connectivity index (χ1v) is 11.2. The molecule has 6 rings (SSSR count). The molecule has 0 atom stereocenters. The first kappa shape index (κ1) is 17.5. The molecule has 4 fully saturated rings. The molecule has 0 unspecified atom stereocenters. The predicted molar refractivity (Wildman–Crippen MR) is 107 cm³/mol. The van der Waals surface area contributed by atoms with Crippen LogP contribution in [0.1, 0.15) is 49.7 Å². The lowest BCUT2D eigenvalue weighted by Crippen LogP contribution is -2.48. The predicted octanol–water partition coefficient (Wildman–Crippen LogP) is 4.19. The van der Waals surface area contributed by atoms with Gasteiger partial charge in [0.25, 0.3) is 0 Å². The van der Waals surface area contributed by atoms with Gasteiger partial charge in [0.15, 0.2) is 5.16 Å². The molecule has 0 saturated heterocycles. The molecule has 1 heterocycles. The Kier molecular flexibility index (Phi) is 4.38. The number of nitrogens with zero attached hydrogens (tertiary/aromatic N) is 3. The van der Waals surface area contributed by atoms with Crippen molar-refractivity contribution < 1.29 is 4.79 Å². The van der Waals surface area contributed by atoms with Gasteiger partial charge in [0.2, 0.25) is 0 Å². The lowest BCUT2D eigenvalue weighted by molar-refractivity contribution is -0.116. The van der Waals surface area contributed by atoms with E-state index < -0.39 is 0 Å². The minimum Gasteiger partial charge on any atom is -0.312 e. The van der Waals surface area contributed by atoms with Gasteiger partial charge in [0.1, 0.15) is 12.1 Å². The van der Waals surface area contributed by atoms with Crippen molar-refractivity contribution in [1.82, 2.24) is 14.8 Å². The highest BCUT2D eigenvalue weighted by atomic mass is 32.2. The van der Waals surface area contributed by atoms with Gasteiger partial charge in [-0.2, -0.15) is 0 Å². The molecule has 4 aliphatic rings. The molecular weight excluding hydrogens is 354 g/mol. The first-order chi connectivity index (χ1) is 13.1. The van der Waals surface area contributed by atoms with Crippen LogP contribution in [-0.4, -0.2) is 26.3 Å². The fourth-order valence-corrected chi connectivity index (χ4v) is 7.02. The molecule has 142 valence electrons. The third-order valence-corrected chi connectivity index (χ3v) is 8.13. The molecule has 0 spiro atoms. The number of ketones is 1. The minimum absolute atomic E-state index is 0.241. The van der Waals surface area contributed by atoms with Crippen molar-refractivity contribution in [3.05, 3.63) is 41.7 Å². The molecule has 4 nitrogen and oxygen atoms in total. The Morgan fingerprint density at radius 1 is 1.11 bits per heavy atom. The van der Waals surface area contributed by atoms with Crippen LogP contribution >= 0.6 is 11.8 Å². The summed E-state index contributed by atoms with van der Waals surface area (Å²) in [6.45, 7) is 0. The Hall–Kier alpha value is -1.62. The highest BCUT2D eigenvalue weighted by Crippen LogP contribution is 2.60. The van der Waals surface area contributed by atoms with Crippen LogP contribution in [0.15, 0.2) is 35.7 Å². The highest BCUT2D eigenvalue weighted by molar-refractivity contribution is 7.99. The summed E-state index contributed by atoms with van der Waals surface area (Å²) in [6, 6.07) is 9.04. The average Bonchev–Trinajstić information content (AvgIpc) is 3.04. The second kappa shape index (κ2) is 6.77. The van der Waals surface area contributed by atoms with Gasteiger partial charge in [-0.1, -0.05) is 36.0 Å². The third-order valence-electron chi connectivity index (χ3n) is 7.04. The number of hydrogen-bond donors (Lipinski definition) is 0. The largest absolute Gasteiger partial charge is 0.312 e. The summed E-state index contributed by atoms with van der Waals surface area (Å²) < 4.78 is 1.85. The van der Waals surface area contributed by atoms with E-state index >= 15 is 0 Å². The smallest absolute Gasteiger partial charge is 0.191 e. The van der Waals surface area contributed by atoms with Gasteiger partial charge in [0, 0.05) is 13.5 Å². The lowest BCUT2D eigenvalue weighted by Gasteiger charge is -2.57. The van der Waals surface area contributed by atoms with Crippen molar-refractivity contribution >= 4 is 17.5 Å². The summed E-state index contributed by atoms with van der Waals surface area (Å²) in [7, 11) is 1.90. The number of hydrogen-bond acceptors (Lipinski definition) is 4. The Morgan fingerprint density at radius 3 is 2.30 bits per heavy atom. The molecule has 0 aliphatic heterocycles. The topological polar surface area (TPSA) is 47.8 Å². The second-order valence-electron chi connectivity index (χ2n) is 9.12. The van der Waals surface area contributed by atoms with E-state index in [1.165, 1.54) is 55.9 Å². The molecule has 0 amide bonds. The molecule has 2 aromatic rings. The van der Waals surface area contributed by atoms with Crippen LogP contribution < -0.4 is 0 Å². The standard InChI is InChI=1S/C22H27N3OS/c1-25-14-23-24-21(25)27-13-20(26)9-15-2-4-19(5-3-15)22-10-16-6-17(11-22)8-18(7-16)12-22/h2-5,14,16-18H,6-13H2,1H3. The van der Waals surface area contributed by atoms with Gasteiger partial charge in [-0.3, -0.25) is 4.79 Å². The van der Waals surface area contributed by atoms with Crippen molar-refractivity contribution in [2.24, 2.45) is 24.8 Å². The Balaban J connectivity index is 1.23. The Morgan fingerprint density at radius 2 is 1.74 bits per heavy atom. The van der Waals surface area contributed by atoms with Crippen LogP contribution in [0.25, 0.3) is 0 Å². The van der Waals surface area contributed by atoms with Crippen LogP contribution in [-0.2, 0) is 23.7 Å². The van der Waals surface area contributed by atoms with E-state index in [0.717, 1.165) is 28.5 Å². The summed E-state index contributed by atoms with van der Waals surface area (Å²) in [4.78, 5) is 12.3. The summed E-state index contributed by atoms with van der Waals surface area (Å²) in [5, 5.41) is 8.66. The van der Waals surface area contributed by atoms with Gasteiger partial charge in [-0.15, -0.1) is 10.2 Å². The van der Waals surface area contributed by atoms with E-state index in [0.29, 0.717) is 17.6 Å². The van der Waals surface area contributed by atoms with Gasteiger partial charge < -0.3 is 4.57 Å². The van der Waals surface area contributed by atoms with Crippen molar-refractivity contribution in [2.75, 3.05) is 5.75 Å². The van der Waals surface area contributed by atoms with Crippen LogP contribution in [0.3, 0.4) is 0 Å². The van der Waals surface area contributed by atoms with Crippen molar-refractivity contribution in [3.8, 4) is 0 Å². The number of aryl methyl sites for hydroxylation is 1. The normalized spacial score (nSPS) is 31.4. The number of carbonyl (C=O) groups excluding carboxylic acids is 1. The fraction of sp³-hybridized carbons (Fsp3) is 0.591. The Labute approximate surface area is 165 Å². The number of carbonyl (C=O) groups is 1. The summed E-state index contributed by atoms with van der Waals surface area (Å²) in [5.74, 6) is 3.59. The van der Waals surface area contributed by atoms with Crippen molar-refractivity contribution in [1.29, 1.82) is 0 Å². The van der Waals surface area contributed by atoms with E-state index in [4.69, 9.17) is 0 Å². The molecule has 1 aromatic heterocycles. The molecule has 0 radical (unpaired) electrons. The highest BCUT2D eigenvalue weighted by Gasteiger charge is 2.51. The average molecular weight is 382 g/mol. The Bertz CT molecular complexity index is 806. The molecule has 0 N–H and O–H groups in total. The zero-order valence-electron chi connectivity index (χ0n) is 15.9. The van der Waals surface area contributed by atoms with Gasteiger partial charge >= 0.3 is 0 Å². The van der Waals surface area contributed by atoms with Crippen LogP contribution in [0.5, 0.6) is 0 Å². The summed E-state index contributed by atoms with van der Waals surface area (Å²) >= 11 is 1.46. The first-order valence-electron chi connectivity index (χ1n) is 10.2. The van der Waals surface area contributed by atoms with E-state index in [1.54, 1.807) is 6.33 Å². The van der Waals surface area contributed by atoms with Gasteiger partial charge in [-0.25, -0.2) is 0 Å². The molecule has 4 aliphatic carbocycles. The SMILES string of the molecule is Cn1cnnc1SCC(=O)Cc1ccc(C23CC4CC(CC(C4)C2)C3)cc1. The van der Waals surface area contributed by atoms with E-state index in [1.807, 2.05) is 11.6 Å². The molecule has 5 heteroatoms. The lowest BCUT2D eigenvalue weighted by atomic mass is 9.48. The number of Topliss-reactive ketones (excluding diaryl/α,β-unsaturated/α-hetero) is 1. The van der Waals surface area contributed by atoms with Crippen LogP contribution in [0.2, 0.25) is 0 Å². The summed E-state index contributed by atoms with van der Waals surface area (Å²) in [5.41, 5.74) is 3.11. The molecule has 1 aromatic carbocycles. The van der Waals surface area contributed by atoms with Crippen molar-refractivity contribution in [2.45, 2.75) is 55.5 Å². The van der Waals surface area contributed by atoms with Crippen molar-refractivity contribution in [3.63, 3.8) is 0 Å². The van der Waals surface area contributed by atoms with Crippen LogP contribution in [0.4, 0.5) is 0 Å². The maximum absolute atomic E-state index is 12.3. The zero-order valence-corrected chi connectivity index (χ0v) is 16.8. The number of rotatable bonds is 6. The van der Waals surface area contributed by atoms with Gasteiger partial charge in [-0.05, 0) is 72.8 Å².